The monoisotopic (exact) mass is 211 g/mol. The van der Waals surface area contributed by atoms with Gasteiger partial charge in [-0.25, -0.2) is 4.98 Å². The smallest absolute Gasteiger partial charge is 0.198 e. The van der Waals surface area contributed by atoms with Crippen molar-refractivity contribution in [3.63, 3.8) is 0 Å². The molecule has 0 aliphatic rings. The van der Waals surface area contributed by atoms with E-state index in [1.165, 1.54) is 0 Å². The fraction of sp³-hybridized carbons (Fsp3) is 0.333. The first-order valence-corrected chi connectivity index (χ1v) is 4.69. The van der Waals surface area contributed by atoms with E-state index in [0.29, 0.717) is 28.6 Å². The van der Waals surface area contributed by atoms with Crippen LogP contribution in [0.25, 0.3) is 11.2 Å². The standard InChI is InChI=1S/C9H10ClN3O/c1-5(11)2-8-13-9-7(14-8)3-6(10)4-12-9/h3-5H,2,11H2,1H3. The number of nitrogens with zero attached hydrogens (tertiary/aromatic N) is 2. The summed E-state index contributed by atoms with van der Waals surface area (Å²) in [6.45, 7) is 1.90. The topological polar surface area (TPSA) is 64.9 Å². The van der Waals surface area contributed by atoms with Crippen molar-refractivity contribution in [2.24, 2.45) is 5.73 Å². The van der Waals surface area contributed by atoms with E-state index in [-0.39, 0.29) is 6.04 Å². The van der Waals surface area contributed by atoms with Crippen molar-refractivity contribution in [3.05, 3.63) is 23.2 Å². The van der Waals surface area contributed by atoms with Crippen molar-refractivity contribution >= 4 is 22.8 Å². The number of hydrogen-bond donors (Lipinski definition) is 1. The highest BCUT2D eigenvalue weighted by molar-refractivity contribution is 6.30. The van der Waals surface area contributed by atoms with Gasteiger partial charge in [0.2, 0.25) is 0 Å². The zero-order valence-corrected chi connectivity index (χ0v) is 8.45. The lowest BCUT2D eigenvalue weighted by Gasteiger charge is -1.97. The van der Waals surface area contributed by atoms with Crippen molar-refractivity contribution in [2.45, 2.75) is 19.4 Å². The minimum atomic E-state index is 0.0264. The molecule has 0 radical (unpaired) electrons. The summed E-state index contributed by atoms with van der Waals surface area (Å²) in [5, 5.41) is 0.543. The van der Waals surface area contributed by atoms with Crippen LogP contribution in [0.15, 0.2) is 16.7 Å². The Morgan fingerprint density at radius 3 is 3.14 bits per heavy atom. The molecular formula is C9H10ClN3O. The molecule has 0 saturated carbocycles. The van der Waals surface area contributed by atoms with Crippen LogP contribution in [-0.2, 0) is 6.42 Å². The Balaban J connectivity index is 2.41. The summed E-state index contributed by atoms with van der Waals surface area (Å²) in [6.07, 6.45) is 2.15. The highest BCUT2D eigenvalue weighted by Gasteiger charge is 2.08. The number of fused-ring (bicyclic) bond motifs is 1. The number of pyridine rings is 1. The minimum Gasteiger partial charge on any atom is -0.439 e. The van der Waals surface area contributed by atoms with Gasteiger partial charge in [0.25, 0.3) is 0 Å². The maximum atomic E-state index is 5.76. The molecule has 4 nitrogen and oxygen atoms in total. The van der Waals surface area contributed by atoms with E-state index in [9.17, 15) is 0 Å². The fourth-order valence-electron chi connectivity index (χ4n) is 1.20. The third kappa shape index (κ3) is 1.86. The number of rotatable bonds is 2. The van der Waals surface area contributed by atoms with Crippen molar-refractivity contribution in [1.82, 2.24) is 9.97 Å². The van der Waals surface area contributed by atoms with E-state index in [1.807, 2.05) is 6.92 Å². The number of halogens is 1. The quantitative estimate of drug-likeness (QED) is 0.822. The summed E-state index contributed by atoms with van der Waals surface area (Å²) in [5.41, 5.74) is 6.81. The third-order valence-electron chi connectivity index (χ3n) is 1.75. The predicted molar refractivity (Wildman–Crippen MR) is 54.2 cm³/mol. The Bertz CT molecular complexity index is 452. The zero-order valence-electron chi connectivity index (χ0n) is 7.70. The molecular weight excluding hydrogens is 202 g/mol. The molecule has 0 aromatic carbocycles. The second kappa shape index (κ2) is 3.55. The molecule has 0 fully saturated rings. The van der Waals surface area contributed by atoms with Crippen molar-refractivity contribution < 1.29 is 4.42 Å². The van der Waals surface area contributed by atoms with Crippen LogP contribution in [-0.4, -0.2) is 16.0 Å². The van der Waals surface area contributed by atoms with Gasteiger partial charge in [0.1, 0.15) is 0 Å². The van der Waals surface area contributed by atoms with Crippen molar-refractivity contribution in [3.8, 4) is 0 Å². The molecule has 0 aliphatic heterocycles. The molecule has 14 heavy (non-hydrogen) atoms. The van der Waals surface area contributed by atoms with Gasteiger partial charge in [0.05, 0.1) is 5.02 Å². The molecule has 1 atom stereocenters. The average molecular weight is 212 g/mol. The lowest BCUT2D eigenvalue weighted by molar-refractivity contribution is 0.507. The van der Waals surface area contributed by atoms with E-state index in [1.54, 1.807) is 12.3 Å². The Morgan fingerprint density at radius 1 is 1.64 bits per heavy atom. The molecule has 2 rings (SSSR count). The molecule has 2 N–H and O–H groups in total. The largest absolute Gasteiger partial charge is 0.439 e. The molecule has 5 heteroatoms. The minimum absolute atomic E-state index is 0.0264. The van der Waals surface area contributed by atoms with Crippen LogP contribution in [0.1, 0.15) is 12.8 Å². The molecule has 0 aliphatic carbocycles. The molecule has 2 aromatic rings. The second-order valence-electron chi connectivity index (χ2n) is 3.26. The summed E-state index contributed by atoms with van der Waals surface area (Å²) >= 11 is 5.76. The maximum Gasteiger partial charge on any atom is 0.198 e. The van der Waals surface area contributed by atoms with Gasteiger partial charge in [-0.1, -0.05) is 11.6 Å². The van der Waals surface area contributed by atoms with Crippen molar-refractivity contribution in [2.75, 3.05) is 0 Å². The SMILES string of the molecule is CC(N)Cc1nc2ncc(Cl)cc2o1. The van der Waals surface area contributed by atoms with Crippen LogP contribution in [0.5, 0.6) is 0 Å². The second-order valence-corrected chi connectivity index (χ2v) is 3.70. The molecule has 0 amide bonds. The third-order valence-corrected chi connectivity index (χ3v) is 1.96. The Morgan fingerprint density at radius 2 is 2.43 bits per heavy atom. The Hall–Kier alpha value is -1.13. The first-order chi connectivity index (χ1) is 6.65. The molecule has 0 spiro atoms. The average Bonchev–Trinajstić information content (AvgIpc) is 2.44. The summed E-state index contributed by atoms with van der Waals surface area (Å²) < 4.78 is 5.42. The van der Waals surface area contributed by atoms with Gasteiger partial charge in [-0.15, -0.1) is 0 Å². The molecule has 2 heterocycles. The fourth-order valence-corrected chi connectivity index (χ4v) is 1.35. The highest BCUT2D eigenvalue weighted by atomic mass is 35.5. The number of oxazole rings is 1. The van der Waals surface area contributed by atoms with Gasteiger partial charge in [0, 0.05) is 24.7 Å². The van der Waals surface area contributed by atoms with E-state index in [2.05, 4.69) is 9.97 Å². The lowest BCUT2D eigenvalue weighted by atomic mass is 10.2. The van der Waals surface area contributed by atoms with Gasteiger partial charge in [-0.3, -0.25) is 0 Å². The number of aromatic nitrogens is 2. The van der Waals surface area contributed by atoms with Gasteiger partial charge < -0.3 is 10.2 Å². The molecule has 2 aromatic heterocycles. The van der Waals surface area contributed by atoms with Crippen LogP contribution in [0, 0.1) is 0 Å². The zero-order chi connectivity index (χ0) is 10.1. The van der Waals surface area contributed by atoms with Crippen molar-refractivity contribution in [1.29, 1.82) is 0 Å². The first kappa shape index (κ1) is 9.43. The summed E-state index contributed by atoms with van der Waals surface area (Å²) in [7, 11) is 0. The van der Waals surface area contributed by atoms with Gasteiger partial charge in [0.15, 0.2) is 17.1 Å². The summed E-state index contributed by atoms with van der Waals surface area (Å²) in [6, 6.07) is 1.72. The predicted octanol–water partition coefficient (Wildman–Crippen LogP) is 1.77. The molecule has 0 bridgehead atoms. The van der Waals surface area contributed by atoms with Crippen LogP contribution in [0.3, 0.4) is 0 Å². The number of hydrogen-bond acceptors (Lipinski definition) is 4. The van der Waals surface area contributed by atoms with E-state index in [0.717, 1.165) is 0 Å². The summed E-state index contributed by atoms with van der Waals surface area (Å²) in [4.78, 5) is 8.21. The maximum absolute atomic E-state index is 5.76. The van der Waals surface area contributed by atoms with Gasteiger partial charge in [-0.2, -0.15) is 4.98 Å². The molecule has 1 unspecified atom stereocenters. The Labute approximate surface area is 86.1 Å². The van der Waals surface area contributed by atoms with Crippen LogP contribution in [0.4, 0.5) is 0 Å². The van der Waals surface area contributed by atoms with Crippen LogP contribution in [0.2, 0.25) is 5.02 Å². The van der Waals surface area contributed by atoms with E-state index < -0.39 is 0 Å². The normalized spacial score (nSPS) is 13.4. The Kier molecular flexibility index (Phi) is 2.39. The lowest BCUT2D eigenvalue weighted by Crippen LogP contribution is -2.17. The van der Waals surface area contributed by atoms with Gasteiger partial charge in [-0.05, 0) is 6.92 Å². The number of nitrogens with two attached hydrogens (primary N) is 1. The first-order valence-electron chi connectivity index (χ1n) is 4.31. The highest BCUT2D eigenvalue weighted by Crippen LogP contribution is 2.17. The van der Waals surface area contributed by atoms with Crippen LogP contribution < -0.4 is 5.73 Å². The molecule has 0 saturated heterocycles. The van der Waals surface area contributed by atoms with Gasteiger partial charge >= 0.3 is 0 Å². The summed E-state index contributed by atoms with van der Waals surface area (Å²) in [5.74, 6) is 0.602. The van der Waals surface area contributed by atoms with Crippen LogP contribution >= 0.6 is 11.6 Å². The molecule has 74 valence electrons. The van der Waals surface area contributed by atoms with E-state index in [4.69, 9.17) is 21.8 Å². The van der Waals surface area contributed by atoms with E-state index >= 15 is 0 Å².